The quantitative estimate of drug-likeness (QED) is 0.847. The fourth-order valence-corrected chi connectivity index (χ4v) is 3.49. The molecule has 1 atom stereocenters. The molecule has 1 aliphatic carbocycles. The highest BCUT2D eigenvalue weighted by Gasteiger charge is 2.23. The standard InChI is InChI=1S/C21H27NO2/c1-24-20-13-7-17(8-14-20)21(15-16-5-3-2-4-6-16)22-18-9-11-19(23)12-10-18/h2-8,13-14,18-19,21-23H,9-12,15H2,1H3. The number of rotatable bonds is 6. The second-order valence-electron chi connectivity index (χ2n) is 6.69. The average molecular weight is 325 g/mol. The van der Waals surface area contributed by atoms with Crippen molar-refractivity contribution >= 4 is 0 Å². The van der Waals surface area contributed by atoms with E-state index in [4.69, 9.17) is 4.74 Å². The Morgan fingerprint density at radius 2 is 1.67 bits per heavy atom. The lowest BCUT2D eigenvalue weighted by Gasteiger charge is -2.31. The molecular formula is C21H27NO2. The molecule has 2 N–H and O–H groups in total. The van der Waals surface area contributed by atoms with E-state index in [0.717, 1.165) is 37.9 Å². The van der Waals surface area contributed by atoms with E-state index >= 15 is 0 Å². The van der Waals surface area contributed by atoms with Crippen LogP contribution < -0.4 is 10.1 Å². The summed E-state index contributed by atoms with van der Waals surface area (Å²) < 4.78 is 5.28. The zero-order valence-electron chi connectivity index (χ0n) is 14.3. The minimum absolute atomic E-state index is 0.114. The minimum Gasteiger partial charge on any atom is -0.497 e. The molecule has 24 heavy (non-hydrogen) atoms. The Labute approximate surface area is 144 Å². The molecule has 2 aromatic carbocycles. The number of aliphatic hydroxyl groups is 1. The maximum absolute atomic E-state index is 9.73. The van der Waals surface area contributed by atoms with E-state index in [2.05, 4.69) is 47.8 Å². The van der Waals surface area contributed by atoms with Crippen LogP contribution in [0.25, 0.3) is 0 Å². The Hall–Kier alpha value is -1.84. The highest BCUT2D eigenvalue weighted by atomic mass is 16.5. The Morgan fingerprint density at radius 3 is 2.29 bits per heavy atom. The predicted molar refractivity (Wildman–Crippen MR) is 97.3 cm³/mol. The van der Waals surface area contributed by atoms with E-state index in [1.165, 1.54) is 11.1 Å². The average Bonchev–Trinajstić information content (AvgIpc) is 2.64. The second-order valence-corrected chi connectivity index (χ2v) is 6.69. The predicted octanol–water partition coefficient (Wildman–Crippen LogP) is 3.87. The summed E-state index contributed by atoms with van der Waals surface area (Å²) in [7, 11) is 1.70. The van der Waals surface area contributed by atoms with Crippen LogP contribution in [-0.2, 0) is 6.42 Å². The van der Waals surface area contributed by atoms with Crippen molar-refractivity contribution < 1.29 is 9.84 Å². The number of methoxy groups -OCH3 is 1. The normalized spacial score (nSPS) is 22.1. The molecule has 1 unspecified atom stereocenters. The van der Waals surface area contributed by atoms with Gasteiger partial charge in [0.15, 0.2) is 0 Å². The first kappa shape index (κ1) is 17.0. The molecule has 0 spiro atoms. The van der Waals surface area contributed by atoms with Crippen LogP contribution in [0.2, 0.25) is 0 Å². The fourth-order valence-electron chi connectivity index (χ4n) is 3.49. The van der Waals surface area contributed by atoms with Gasteiger partial charge in [0.05, 0.1) is 13.2 Å². The Kier molecular flexibility index (Phi) is 5.89. The third-order valence-corrected chi connectivity index (χ3v) is 4.93. The van der Waals surface area contributed by atoms with Crippen molar-refractivity contribution in [3.05, 3.63) is 65.7 Å². The molecule has 0 amide bonds. The first-order valence-corrected chi connectivity index (χ1v) is 8.86. The summed E-state index contributed by atoms with van der Waals surface area (Å²) >= 11 is 0. The summed E-state index contributed by atoms with van der Waals surface area (Å²) in [6.45, 7) is 0. The van der Waals surface area contributed by atoms with Gasteiger partial charge in [-0.25, -0.2) is 0 Å². The Bertz CT molecular complexity index is 603. The van der Waals surface area contributed by atoms with Gasteiger partial charge in [-0.1, -0.05) is 42.5 Å². The topological polar surface area (TPSA) is 41.5 Å². The first-order chi connectivity index (χ1) is 11.7. The van der Waals surface area contributed by atoms with Gasteiger partial charge in [-0.15, -0.1) is 0 Å². The summed E-state index contributed by atoms with van der Waals surface area (Å²) in [6.07, 6.45) is 4.74. The SMILES string of the molecule is COc1ccc(C(Cc2ccccc2)NC2CCC(O)CC2)cc1. The van der Waals surface area contributed by atoms with Crippen LogP contribution in [0.3, 0.4) is 0 Å². The molecule has 0 saturated heterocycles. The largest absolute Gasteiger partial charge is 0.497 e. The highest BCUT2D eigenvalue weighted by Crippen LogP contribution is 2.26. The molecule has 3 nitrogen and oxygen atoms in total. The lowest BCUT2D eigenvalue weighted by molar-refractivity contribution is 0.114. The molecule has 3 rings (SSSR count). The summed E-state index contributed by atoms with van der Waals surface area (Å²) in [5, 5.41) is 13.6. The summed E-state index contributed by atoms with van der Waals surface area (Å²) in [4.78, 5) is 0. The van der Waals surface area contributed by atoms with Gasteiger partial charge in [-0.2, -0.15) is 0 Å². The van der Waals surface area contributed by atoms with E-state index in [-0.39, 0.29) is 12.1 Å². The third kappa shape index (κ3) is 4.59. The van der Waals surface area contributed by atoms with Gasteiger partial charge in [-0.3, -0.25) is 0 Å². The van der Waals surface area contributed by atoms with Crippen LogP contribution in [0.4, 0.5) is 0 Å². The molecule has 0 aromatic heterocycles. The molecule has 128 valence electrons. The number of benzene rings is 2. The van der Waals surface area contributed by atoms with E-state index in [1.807, 2.05) is 12.1 Å². The van der Waals surface area contributed by atoms with Gasteiger partial charge in [0.25, 0.3) is 0 Å². The van der Waals surface area contributed by atoms with E-state index in [1.54, 1.807) is 7.11 Å². The van der Waals surface area contributed by atoms with Crippen LogP contribution in [0, 0.1) is 0 Å². The minimum atomic E-state index is -0.114. The van der Waals surface area contributed by atoms with Gasteiger partial charge >= 0.3 is 0 Å². The Morgan fingerprint density at radius 1 is 1.00 bits per heavy atom. The Balaban J connectivity index is 1.74. The molecule has 3 heteroatoms. The van der Waals surface area contributed by atoms with E-state index < -0.39 is 0 Å². The van der Waals surface area contributed by atoms with Crippen LogP contribution in [-0.4, -0.2) is 24.4 Å². The number of hydrogen-bond acceptors (Lipinski definition) is 3. The van der Waals surface area contributed by atoms with Crippen molar-refractivity contribution in [3.8, 4) is 5.75 Å². The van der Waals surface area contributed by atoms with Gasteiger partial charge in [-0.05, 0) is 55.4 Å². The van der Waals surface area contributed by atoms with Crippen molar-refractivity contribution in [2.24, 2.45) is 0 Å². The molecule has 1 saturated carbocycles. The molecular weight excluding hydrogens is 298 g/mol. The molecule has 0 radical (unpaired) electrons. The number of ether oxygens (including phenoxy) is 1. The van der Waals surface area contributed by atoms with Crippen LogP contribution in [0.15, 0.2) is 54.6 Å². The summed E-state index contributed by atoms with van der Waals surface area (Å²) in [5.74, 6) is 0.887. The zero-order valence-corrected chi connectivity index (χ0v) is 14.3. The van der Waals surface area contributed by atoms with Gasteiger partial charge in [0.2, 0.25) is 0 Å². The molecule has 1 aliphatic rings. The van der Waals surface area contributed by atoms with Gasteiger partial charge in [0, 0.05) is 12.1 Å². The maximum atomic E-state index is 9.73. The van der Waals surface area contributed by atoms with E-state index in [9.17, 15) is 5.11 Å². The number of hydrogen-bond donors (Lipinski definition) is 2. The lowest BCUT2D eigenvalue weighted by Crippen LogP contribution is -2.37. The molecule has 0 bridgehead atoms. The maximum Gasteiger partial charge on any atom is 0.118 e. The van der Waals surface area contributed by atoms with Gasteiger partial charge < -0.3 is 15.2 Å². The van der Waals surface area contributed by atoms with Crippen LogP contribution in [0.1, 0.15) is 42.9 Å². The number of aliphatic hydroxyl groups excluding tert-OH is 1. The second kappa shape index (κ2) is 8.32. The van der Waals surface area contributed by atoms with Gasteiger partial charge in [0.1, 0.15) is 5.75 Å². The molecule has 0 aliphatic heterocycles. The van der Waals surface area contributed by atoms with Crippen molar-refractivity contribution in [2.45, 2.75) is 50.3 Å². The summed E-state index contributed by atoms with van der Waals surface area (Å²) in [5.41, 5.74) is 2.62. The zero-order chi connectivity index (χ0) is 16.8. The van der Waals surface area contributed by atoms with Crippen LogP contribution >= 0.6 is 0 Å². The van der Waals surface area contributed by atoms with Crippen molar-refractivity contribution in [1.29, 1.82) is 0 Å². The smallest absolute Gasteiger partial charge is 0.118 e. The molecule has 0 heterocycles. The fraction of sp³-hybridized carbons (Fsp3) is 0.429. The lowest BCUT2D eigenvalue weighted by atomic mass is 9.90. The number of nitrogens with one attached hydrogen (secondary N) is 1. The van der Waals surface area contributed by atoms with Crippen LogP contribution in [0.5, 0.6) is 5.75 Å². The molecule has 1 fully saturated rings. The monoisotopic (exact) mass is 325 g/mol. The van der Waals surface area contributed by atoms with Crippen molar-refractivity contribution in [3.63, 3.8) is 0 Å². The third-order valence-electron chi connectivity index (χ3n) is 4.93. The first-order valence-electron chi connectivity index (χ1n) is 8.86. The summed E-state index contributed by atoms with van der Waals surface area (Å²) in [6, 6.07) is 19.7. The van der Waals surface area contributed by atoms with Crippen molar-refractivity contribution in [2.75, 3.05) is 7.11 Å². The van der Waals surface area contributed by atoms with E-state index in [0.29, 0.717) is 6.04 Å². The highest BCUT2D eigenvalue weighted by molar-refractivity contribution is 5.30. The van der Waals surface area contributed by atoms with Crippen molar-refractivity contribution in [1.82, 2.24) is 5.32 Å². The molecule has 2 aromatic rings.